The zero-order chi connectivity index (χ0) is 15.8. The Labute approximate surface area is 131 Å². The SMILES string of the molecule is CS(=O)(=O)OCC#Cc1ccccc1C#Cc1ccccc1. The van der Waals surface area contributed by atoms with Crippen LogP contribution in [-0.4, -0.2) is 21.3 Å². The predicted molar refractivity (Wildman–Crippen MR) is 86.5 cm³/mol. The predicted octanol–water partition coefficient (Wildman–Crippen LogP) is 2.41. The molecule has 22 heavy (non-hydrogen) atoms. The van der Waals surface area contributed by atoms with Gasteiger partial charge < -0.3 is 0 Å². The van der Waals surface area contributed by atoms with Gasteiger partial charge in [-0.1, -0.05) is 54.0 Å². The van der Waals surface area contributed by atoms with Crippen LogP contribution in [0.1, 0.15) is 16.7 Å². The van der Waals surface area contributed by atoms with Crippen molar-refractivity contribution in [1.29, 1.82) is 0 Å². The van der Waals surface area contributed by atoms with Crippen LogP contribution in [0.3, 0.4) is 0 Å². The van der Waals surface area contributed by atoms with E-state index in [-0.39, 0.29) is 6.61 Å². The number of rotatable bonds is 2. The van der Waals surface area contributed by atoms with E-state index in [1.54, 1.807) is 0 Å². The summed E-state index contributed by atoms with van der Waals surface area (Å²) in [4.78, 5) is 0. The number of hydrogen-bond acceptors (Lipinski definition) is 3. The van der Waals surface area contributed by atoms with Gasteiger partial charge in [0.15, 0.2) is 0 Å². The molecule has 0 saturated heterocycles. The topological polar surface area (TPSA) is 43.4 Å². The molecule has 0 heterocycles. The molecule has 2 rings (SSSR count). The molecule has 0 aromatic heterocycles. The highest BCUT2D eigenvalue weighted by Crippen LogP contribution is 2.06. The minimum absolute atomic E-state index is 0.167. The Hall–Kier alpha value is -2.53. The fourth-order valence-electron chi connectivity index (χ4n) is 1.63. The zero-order valence-electron chi connectivity index (χ0n) is 12.0. The van der Waals surface area contributed by atoms with Gasteiger partial charge in [0.25, 0.3) is 10.1 Å². The Kier molecular flexibility index (Phi) is 5.38. The summed E-state index contributed by atoms with van der Waals surface area (Å²) in [7, 11) is -3.47. The van der Waals surface area contributed by atoms with Crippen molar-refractivity contribution in [3.05, 3.63) is 71.3 Å². The fourth-order valence-corrected chi connectivity index (χ4v) is 1.90. The van der Waals surface area contributed by atoms with E-state index in [4.69, 9.17) is 0 Å². The largest absolute Gasteiger partial charge is 0.265 e. The summed E-state index contributed by atoms with van der Waals surface area (Å²) in [6.45, 7) is -0.167. The van der Waals surface area contributed by atoms with Gasteiger partial charge >= 0.3 is 0 Å². The molecule has 4 heteroatoms. The van der Waals surface area contributed by atoms with Gasteiger partial charge in [0, 0.05) is 16.7 Å². The van der Waals surface area contributed by atoms with Crippen LogP contribution in [0.2, 0.25) is 0 Å². The van der Waals surface area contributed by atoms with Crippen LogP contribution in [0.25, 0.3) is 0 Å². The molecule has 0 spiro atoms. The molecule has 3 nitrogen and oxygen atoms in total. The van der Waals surface area contributed by atoms with Gasteiger partial charge in [-0.3, -0.25) is 4.18 Å². The summed E-state index contributed by atoms with van der Waals surface area (Å²) >= 11 is 0. The highest BCUT2D eigenvalue weighted by Gasteiger charge is 1.98. The van der Waals surface area contributed by atoms with E-state index >= 15 is 0 Å². The van der Waals surface area contributed by atoms with Crippen LogP contribution < -0.4 is 0 Å². The molecule has 2 aromatic carbocycles. The summed E-state index contributed by atoms with van der Waals surface area (Å²) in [6.07, 6.45) is 0.994. The maximum atomic E-state index is 10.9. The van der Waals surface area contributed by atoms with E-state index in [9.17, 15) is 8.42 Å². The maximum absolute atomic E-state index is 10.9. The van der Waals surface area contributed by atoms with Crippen LogP contribution >= 0.6 is 0 Å². The molecular formula is C18H14O3S. The van der Waals surface area contributed by atoms with Crippen molar-refractivity contribution in [2.45, 2.75) is 0 Å². The van der Waals surface area contributed by atoms with Crippen molar-refractivity contribution in [3.8, 4) is 23.7 Å². The molecule has 0 aliphatic rings. The van der Waals surface area contributed by atoms with Crippen molar-refractivity contribution in [2.75, 3.05) is 12.9 Å². The molecule has 0 bridgehead atoms. The lowest BCUT2D eigenvalue weighted by Gasteiger charge is -1.96. The third-order valence-electron chi connectivity index (χ3n) is 2.61. The molecule has 0 aliphatic heterocycles. The van der Waals surface area contributed by atoms with Crippen molar-refractivity contribution < 1.29 is 12.6 Å². The number of hydrogen-bond donors (Lipinski definition) is 0. The second-order valence-electron chi connectivity index (χ2n) is 4.43. The molecule has 0 amide bonds. The first kappa shape index (κ1) is 15.9. The minimum atomic E-state index is -3.47. The molecule has 0 fully saturated rings. The minimum Gasteiger partial charge on any atom is -0.257 e. The third-order valence-corrected chi connectivity index (χ3v) is 3.16. The lowest BCUT2D eigenvalue weighted by Crippen LogP contribution is -2.02. The second kappa shape index (κ2) is 7.47. The standard InChI is InChI=1S/C18H14O3S/c1-22(19,20)21-15-7-12-17-10-5-6-11-18(17)14-13-16-8-3-2-4-9-16/h2-6,8-11H,15H2,1H3. The van der Waals surface area contributed by atoms with E-state index in [0.29, 0.717) is 0 Å². The molecule has 0 N–H and O–H groups in total. The average Bonchev–Trinajstić information content (AvgIpc) is 2.50. The highest BCUT2D eigenvalue weighted by molar-refractivity contribution is 7.86. The fraction of sp³-hybridized carbons (Fsp3) is 0.111. The first-order valence-electron chi connectivity index (χ1n) is 6.54. The Balaban J connectivity index is 2.18. The summed E-state index contributed by atoms with van der Waals surface area (Å²) < 4.78 is 26.3. The third kappa shape index (κ3) is 5.46. The normalized spacial score (nSPS) is 10.0. The van der Waals surface area contributed by atoms with Crippen LogP contribution in [0.15, 0.2) is 54.6 Å². The first-order chi connectivity index (χ1) is 10.5. The first-order valence-corrected chi connectivity index (χ1v) is 8.36. The highest BCUT2D eigenvalue weighted by atomic mass is 32.2. The van der Waals surface area contributed by atoms with Gasteiger partial charge in [-0.05, 0) is 24.3 Å². The van der Waals surface area contributed by atoms with E-state index in [0.717, 1.165) is 22.9 Å². The maximum Gasteiger partial charge on any atom is 0.265 e. The van der Waals surface area contributed by atoms with Crippen molar-refractivity contribution in [3.63, 3.8) is 0 Å². The summed E-state index contributed by atoms with van der Waals surface area (Å²) in [6, 6.07) is 17.1. The van der Waals surface area contributed by atoms with Crippen molar-refractivity contribution >= 4 is 10.1 Å². The molecule has 0 atom stereocenters. The lowest BCUT2D eigenvalue weighted by molar-refractivity contribution is 0.368. The van der Waals surface area contributed by atoms with Crippen LogP contribution in [-0.2, 0) is 14.3 Å². The Morgan fingerprint density at radius 2 is 1.45 bits per heavy atom. The van der Waals surface area contributed by atoms with Crippen molar-refractivity contribution in [1.82, 2.24) is 0 Å². The second-order valence-corrected chi connectivity index (χ2v) is 6.07. The molecule has 0 saturated carbocycles. The van der Waals surface area contributed by atoms with E-state index in [1.807, 2.05) is 54.6 Å². The zero-order valence-corrected chi connectivity index (χ0v) is 12.9. The van der Waals surface area contributed by atoms with Gasteiger partial charge in [0.2, 0.25) is 0 Å². The summed E-state index contributed by atoms with van der Waals surface area (Å²) in [5.74, 6) is 11.7. The molecule has 0 radical (unpaired) electrons. The molecule has 0 unspecified atom stereocenters. The van der Waals surface area contributed by atoms with Crippen LogP contribution in [0.5, 0.6) is 0 Å². The monoisotopic (exact) mass is 310 g/mol. The molecule has 110 valence electrons. The van der Waals surface area contributed by atoms with Gasteiger partial charge in [-0.2, -0.15) is 8.42 Å². The Morgan fingerprint density at radius 1 is 0.864 bits per heavy atom. The Bertz CT molecular complexity index is 861. The quantitative estimate of drug-likeness (QED) is 0.632. The molecule has 0 aliphatic carbocycles. The van der Waals surface area contributed by atoms with Gasteiger partial charge in [-0.25, -0.2) is 0 Å². The van der Waals surface area contributed by atoms with E-state index in [2.05, 4.69) is 27.9 Å². The Morgan fingerprint density at radius 3 is 2.09 bits per heavy atom. The van der Waals surface area contributed by atoms with E-state index in [1.165, 1.54) is 0 Å². The lowest BCUT2D eigenvalue weighted by atomic mass is 10.1. The smallest absolute Gasteiger partial charge is 0.257 e. The summed E-state index contributed by atoms with van der Waals surface area (Å²) in [5.41, 5.74) is 2.45. The van der Waals surface area contributed by atoms with Crippen LogP contribution in [0.4, 0.5) is 0 Å². The van der Waals surface area contributed by atoms with Crippen molar-refractivity contribution in [2.24, 2.45) is 0 Å². The van der Waals surface area contributed by atoms with Crippen LogP contribution in [0, 0.1) is 23.7 Å². The average molecular weight is 310 g/mol. The molecule has 2 aromatic rings. The van der Waals surface area contributed by atoms with Gasteiger partial charge in [-0.15, -0.1) is 0 Å². The van der Waals surface area contributed by atoms with E-state index < -0.39 is 10.1 Å². The number of benzene rings is 2. The molecular weight excluding hydrogens is 296 g/mol. The van der Waals surface area contributed by atoms with Gasteiger partial charge in [0.05, 0.1) is 6.26 Å². The van der Waals surface area contributed by atoms with Gasteiger partial charge in [0.1, 0.15) is 6.61 Å². The summed E-state index contributed by atoms with van der Waals surface area (Å²) in [5, 5.41) is 0.